The van der Waals surface area contributed by atoms with Crippen LogP contribution in [0.15, 0.2) is 85.2 Å². The molecule has 211 valence electrons. The van der Waals surface area contributed by atoms with Crippen LogP contribution in [0, 0.1) is 24.8 Å². The van der Waals surface area contributed by atoms with Crippen LogP contribution in [-0.2, 0) is 20.1 Å². The van der Waals surface area contributed by atoms with Gasteiger partial charge < -0.3 is 9.97 Å². The molecule has 0 N–H and O–H groups in total. The maximum atomic E-state index is 14.1. The molecular weight excluding hydrogens is 720 g/mol. The zero-order chi connectivity index (χ0) is 31.9. The molecule has 0 aliphatic carbocycles. The molecule has 0 spiro atoms. The summed E-state index contributed by atoms with van der Waals surface area (Å²) in [5, 5.41) is 3.24. The molecule has 41 heavy (non-hydrogen) atoms. The summed E-state index contributed by atoms with van der Waals surface area (Å²) < 4.78 is 46.0. The van der Waals surface area contributed by atoms with Crippen LogP contribution in [0.4, 0.5) is 4.39 Å². The molecule has 3 heterocycles. The number of fused-ring (bicyclic) bond motifs is 3. The van der Waals surface area contributed by atoms with Gasteiger partial charge in [0.15, 0.2) is 0 Å². The van der Waals surface area contributed by atoms with Crippen LogP contribution < -0.4 is 5.19 Å². The van der Waals surface area contributed by atoms with Crippen molar-refractivity contribution in [1.82, 2.24) is 9.97 Å². The second-order valence-corrected chi connectivity index (χ2v) is 17.0. The van der Waals surface area contributed by atoms with E-state index in [-0.39, 0.29) is 25.9 Å². The van der Waals surface area contributed by atoms with E-state index in [1.54, 1.807) is 24.4 Å². The summed E-state index contributed by atoms with van der Waals surface area (Å²) in [7, 11) is -1.34. The molecule has 0 aliphatic rings. The first kappa shape index (κ1) is 25.7. The SMILES string of the molecule is [2H]C(C)(C)c1ccnc(-c2[c-]ccc3c2sc2c(F)cccc23)c1.[2H]C([2H])([2H])c1c[c-]c(-c2ccc([Si](C)(C)C)cn2)cc1.[Ir]. The van der Waals surface area contributed by atoms with Gasteiger partial charge in [0, 0.05) is 38.0 Å². The molecule has 0 unspecified atom stereocenters. The van der Waals surface area contributed by atoms with Crippen molar-refractivity contribution in [3.8, 4) is 22.5 Å². The summed E-state index contributed by atoms with van der Waals surface area (Å²) in [5.74, 6) is -0.897. The van der Waals surface area contributed by atoms with E-state index in [1.165, 1.54) is 28.7 Å². The number of aryl methyl sites for hydroxylation is 1. The van der Waals surface area contributed by atoms with E-state index in [0.29, 0.717) is 10.3 Å². The number of benzene rings is 3. The first-order chi connectivity index (χ1) is 20.6. The van der Waals surface area contributed by atoms with E-state index >= 15 is 0 Å². The van der Waals surface area contributed by atoms with Crippen molar-refractivity contribution in [2.24, 2.45) is 0 Å². The summed E-state index contributed by atoms with van der Waals surface area (Å²) in [6, 6.07) is 28.0. The molecule has 0 saturated carbocycles. The Kier molecular flexibility index (Phi) is 8.06. The fourth-order valence-corrected chi connectivity index (χ4v) is 6.62. The number of hydrogen-bond acceptors (Lipinski definition) is 3. The van der Waals surface area contributed by atoms with Gasteiger partial charge in [0.2, 0.25) is 0 Å². The van der Waals surface area contributed by atoms with Gasteiger partial charge in [0.25, 0.3) is 0 Å². The number of rotatable bonds is 4. The molecule has 6 heteroatoms. The van der Waals surface area contributed by atoms with Crippen LogP contribution in [0.1, 0.15) is 36.4 Å². The van der Waals surface area contributed by atoms with Gasteiger partial charge in [-0.3, -0.25) is 0 Å². The third kappa shape index (κ3) is 6.90. The van der Waals surface area contributed by atoms with Gasteiger partial charge in [-0.25, -0.2) is 4.39 Å². The standard InChI is InChI=1S/C20H15FNS.C15H18NSi.Ir/c1-12(2)13-9-10-22-18(11-13)16-7-3-5-14-15-6-4-8-17(21)20(15)23-19(14)16;1-12-5-7-13(8-6-12)15-10-9-14(11-16-15)17(2,3)4;/h3-6,8-12H,1-2H3;5-7,9-11H,1-4H3;/q2*-1;/i12D;1D3;. The van der Waals surface area contributed by atoms with E-state index in [4.69, 9.17) is 5.48 Å². The summed E-state index contributed by atoms with van der Waals surface area (Å²) in [6.45, 7) is 8.46. The molecule has 6 rings (SSSR count). The number of thiophene rings is 1. The Balaban J connectivity index is 0.000000204. The zero-order valence-corrected chi connectivity index (χ0v) is 27.8. The largest absolute Gasteiger partial charge is 0.305 e. The van der Waals surface area contributed by atoms with Gasteiger partial charge in [-0.1, -0.05) is 81.6 Å². The smallest absolute Gasteiger partial charge is 0.140 e. The van der Waals surface area contributed by atoms with E-state index < -0.39 is 20.8 Å². The normalized spacial score (nSPS) is 13.3. The van der Waals surface area contributed by atoms with Crippen molar-refractivity contribution in [3.63, 3.8) is 0 Å². The van der Waals surface area contributed by atoms with Gasteiger partial charge in [0.05, 0.1) is 12.8 Å². The molecule has 1 radical (unpaired) electrons. The van der Waals surface area contributed by atoms with Crippen LogP contribution in [0.5, 0.6) is 0 Å². The van der Waals surface area contributed by atoms with Gasteiger partial charge in [-0.2, -0.15) is 11.3 Å². The van der Waals surface area contributed by atoms with Crippen LogP contribution in [0.2, 0.25) is 19.6 Å². The van der Waals surface area contributed by atoms with E-state index in [9.17, 15) is 4.39 Å². The maximum absolute atomic E-state index is 14.1. The predicted octanol–water partition coefficient (Wildman–Crippen LogP) is 9.58. The minimum atomic E-state index is -2.08. The fraction of sp³-hybridized carbons (Fsp3) is 0.200. The van der Waals surface area contributed by atoms with Crippen molar-refractivity contribution >= 4 is 44.8 Å². The third-order valence-corrected chi connectivity index (χ3v) is 10.00. The Morgan fingerprint density at radius 2 is 1.73 bits per heavy atom. The van der Waals surface area contributed by atoms with Crippen LogP contribution >= 0.6 is 11.3 Å². The van der Waals surface area contributed by atoms with Crippen molar-refractivity contribution in [2.75, 3.05) is 0 Å². The van der Waals surface area contributed by atoms with Crippen molar-refractivity contribution < 1.29 is 30.0 Å². The summed E-state index contributed by atoms with van der Waals surface area (Å²) in [4.78, 5) is 8.93. The second-order valence-electron chi connectivity index (χ2n) is 10.9. The molecule has 0 atom stereocenters. The third-order valence-electron chi connectivity index (χ3n) is 6.72. The second kappa shape index (κ2) is 12.9. The molecule has 0 bridgehead atoms. The van der Waals surface area contributed by atoms with Gasteiger partial charge in [-0.05, 0) is 44.7 Å². The Morgan fingerprint density at radius 3 is 2.39 bits per heavy atom. The number of hydrogen-bond donors (Lipinski definition) is 0. The number of pyridine rings is 2. The zero-order valence-electron chi connectivity index (χ0n) is 27.6. The summed E-state index contributed by atoms with van der Waals surface area (Å²) in [5.41, 5.74) is 4.47. The molecule has 0 aliphatic heterocycles. The summed E-state index contributed by atoms with van der Waals surface area (Å²) in [6.07, 6.45) is 3.65. The predicted molar refractivity (Wildman–Crippen MR) is 172 cm³/mol. The van der Waals surface area contributed by atoms with Crippen LogP contribution in [0.25, 0.3) is 42.7 Å². The molecule has 3 aromatic carbocycles. The van der Waals surface area contributed by atoms with Crippen molar-refractivity contribution in [1.29, 1.82) is 0 Å². The minimum Gasteiger partial charge on any atom is -0.305 e. The fourth-order valence-electron chi connectivity index (χ4n) is 4.38. The van der Waals surface area contributed by atoms with Crippen LogP contribution in [0.3, 0.4) is 0 Å². The molecule has 0 amide bonds. The minimum absolute atomic E-state index is 0. The Bertz CT molecular complexity index is 1870. The van der Waals surface area contributed by atoms with E-state index in [0.717, 1.165) is 43.6 Å². The Hall–Kier alpha value is -3.02. The van der Waals surface area contributed by atoms with Crippen molar-refractivity contribution in [2.45, 2.75) is 46.2 Å². The Morgan fingerprint density at radius 1 is 0.927 bits per heavy atom. The molecule has 6 aromatic rings. The maximum Gasteiger partial charge on any atom is 0.140 e. The average molecular weight is 757 g/mol. The molecule has 0 saturated heterocycles. The monoisotopic (exact) mass is 757 g/mol. The average Bonchev–Trinajstić information content (AvgIpc) is 3.37. The van der Waals surface area contributed by atoms with Gasteiger partial charge in [-0.15, -0.1) is 59.2 Å². The quantitative estimate of drug-likeness (QED) is 0.132. The summed E-state index contributed by atoms with van der Waals surface area (Å²) >= 11 is 1.43. The van der Waals surface area contributed by atoms with E-state index in [1.807, 2.05) is 56.4 Å². The number of halogens is 1. The molecular formula is C35H33FIrN2SSi-2. The van der Waals surface area contributed by atoms with E-state index in [2.05, 4.69) is 47.8 Å². The van der Waals surface area contributed by atoms with Gasteiger partial charge in [0.1, 0.15) is 5.82 Å². The van der Waals surface area contributed by atoms with Crippen LogP contribution in [-0.4, -0.2) is 18.0 Å². The molecule has 2 nitrogen and oxygen atoms in total. The number of nitrogens with zero attached hydrogens (tertiary/aromatic N) is 2. The Labute approximate surface area is 266 Å². The molecule has 3 aromatic heterocycles. The van der Waals surface area contributed by atoms with Crippen molar-refractivity contribution in [3.05, 3.63) is 114 Å². The van der Waals surface area contributed by atoms with Gasteiger partial charge >= 0.3 is 0 Å². The first-order valence-electron chi connectivity index (χ1n) is 15.1. The first-order valence-corrected chi connectivity index (χ1v) is 17.4. The topological polar surface area (TPSA) is 25.8 Å². The molecule has 0 fully saturated rings. The number of aromatic nitrogens is 2.